The Morgan fingerprint density at radius 1 is 0.600 bits per heavy atom. The highest BCUT2D eigenvalue weighted by molar-refractivity contribution is 7.47. The maximum absolute atomic E-state index is 12.6. The van der Waals surface area contributed by atoms with Gasteiger partial charge < -0.3 is 25.2 Å². The van der Waals surface area contributed by atoms with Gasteiger partial charge in [-0.2, -0.15) is 0 Å². The summed E-state index contributed by atoms with van der Waals surface area (Å²) in [6.45, 7) is 2.77. The molecule has 1 unspecified atom stereocenters. The van der Waals surface area contributed by atoms with Crippen molar-refractivity contribution < 1.29 is 47.5 Å². The van der Waals surface area contributed by atoms with Gasteiger partial charge >= 0.3 is 25.7 Å². The number of hydrogen-bond donors (Lipinski definition) is 3. The normalized spacial score (nSPS) is 14.0. The molecule has 0 aliphatic heterocycles. The lowest BCUT2D eigenvalue weighted by Crippen LogP contribution is -2.34. The van der Waals surface area contributed by atoms with Crippen LogP contribution in [0.15, 0.2) is 12.2 Å². The Morgan fingerprint density at radius 2 is 1.00 bits per heavy atom. The molecule has 50 heavy (non-hydrogen) atoms. The number of esters is 2. The first-order valence-electron chi connectivity index (χ1n) is 19.7. The molecule has 0 aliphatic carbocycles. The van der Waals surface area contributed by atoms with Crippen molar-refractivity contribution in [3.8, 4) is 0 Å². The Labute approximate surface area is 303 Å². The van der Waals surface area contributed by atoms with Gasteiger partial charge in [-0.25, -0.2) is 4.57 Å². The number of hydrogen-bond acceptors (Lipinski definition) is 9. The molecule has 0 saturated carbocycles. The summed E-state index contributed by atoms with van der Waals surface area (Å²) in [5, 5.41) is 8.86. The van der Waals surface area contributed by atoms with E-state index in [1.165, 1.54) is 83.5 Å². The van der Waals surface area contributed by atoms with Gasteiger partial charge in [0.15, 0.2) is 6.10 Å². The van der Waals surface area contributed by atoms with Gasteiger partial charge in [0.2, 0.25) is 0 Å². The number of phosphoric ester groups is 1. The Balaban J connectivity index is 4.42. The summed E-state index contributed by atoms with van der Waals surface area (Å²) < 4.78 is 32.6. The van der Waals surface area contributed by atoms with Gasteiger partial charge in [-0.15, -0.1) is 0 Å². The first-order valence-corrected chi connectivity index (χ1v) is 21.2. The first kappa shape index (κ1) is 48.2. The Morgan fingerprint density at radius 3 is 1.48 bits per heavy atom. The molecule has 0 heterocycles. The number of unbranched alkanes of at least 4 members (excludes halogenated alkanes) is 21. The number of carboxylic acids is 1. The third kappa shape index (κ3) is 33.4. The third-order valence-electron chi connectivity index (χ3n) is 8.51. The number of ether oxygens (including phenoxy) is 2. The predicted octanol–water partition coefficient (Wildman–Crippen LogP) is 9.73. The number of carboxylic acid groups (broad SMARTS) is 1. The van der Waals surface area contributed by atoms with Crippen molar-refractivity contribution in [1.29, 1.82) is 0 Å². The molecule has 0 fully saturated rings. The summed E-state index contributed by atoms with van der Waals surface area (Å²) >= 11 is 0. The molecule has 3 atom stereocenters. The second kappa shape index (κ2) is 34.3. The van der Waals surface area contributed by atoms with Crippen LogP contribution in [0.1, 0.15) is 181 Å². The molecule has 0 aromatic carbocycles. The third-order valence-corrected chi connectivity index (χ3v) is 9.46. The largest absolute Gasteiger partial charge is 0.480 e. The number of carbonyl (C=O) groups excluding carboxylic acids is 2. The van der Waals surface area contributed by atoms with E-state index in [-0.39, 0.29) is 19.4 Å². The number of allylic oxidation sites excluding steroid dienone is 2. The average molecular weight is 734 g/mol. The molecular weight excluding hydrogens is 661 g/mol. The lowest BCUT2D eigenvalue weighted by atomic mass is 10.0. The molecule has 0 aliphatic rings. The quantitative estimate of drug-likeness (QED) is 0.0240. The molecule has 0 aromatic rings. The van der Waals surface area contributed by atoms with E-state index in [1.54, 1.807) is 0 Å². The minimum atomic E-state index is -4.71. The minimum Gasteiger partial charge on any atom is -0.480 e. The molecule has 0 radical (unpaired) electrons. The zero-order valence-electron chi connectivity index (χ0n) is 31.5. The fourth-order valence-corrected chi connectivity index (χ4v) is 6.13. The highest BCUT2D eigenvalue weighted by atomic mass is 31.2. The fourth-order valence-electron chi connectivity index (χ4n) is 5.35. The van der Waals surface area contributed by atoms with E-state index in [0.717, 1.165) is 57.8 Å². The zero-order valence-corrected chi connectivity index (χ0v) is 32.4. The van der Waals surface area contributed by atoms with E-state index >= 15 is 0 Å². The van der Waals surface area contributed by atoms with Gasteiger partial charge in [-0.1, -0.05) is 142 Å². The van der Waals surface area contributed by atoms with Crippen molar-refractivity contribution >= 4 is 25.7 Å². The Kier molecular flexibility index (Phi) is 33.1. The predicted molar refractivity (Wildman–Crippen MR) is 199 cm³/mol. The highest BCUT2D eigenvalue weighted by Gasteiger charge is 2.28. The van der Waals surface area contributed by atoms with E-state index in [0.29, 0.717) is 12.8 Å². The smallest absolute Gasteiger partial charge is 0.472 e. The van der Waals surface area contributed by atoms with Crippen LogP contribution in [0.4, 0.5) is 0 Å². The summed E-state index contributed by atoms with van der Waals surface area (Å²) in [7, 11) is -4.71. The number of carbonyl (C=O) groups is 3. The first-order chi connectivity index (χ1) is 24.1. The topological polar surface area (TPSA) is 172 Å². The van der Waals surface area contributed by atoms with Gasteiger partial charge in [0, 0.05) is 12.8 Å². The monoisotopic (exact) mass is 733 g/mol. The van der Waals surface area contributed by atoms with E-state index in [4.69, 9.17) is 24.8 Å². The molecule has 0 aromatic heterocycles. The SMILES string of the molecule is CCCCCC/C=C/CCCCCCCC(=O)OC[C@H](COP(=O)(O)OC[C@H](N)C(=O)O)OC(=O)CCCCCCCCCCCCCCC. The van der Waals surface area contributed by atoms with Crippen LogP contribution in [0.5, 0.6) is 0 Å². The van der Waals surface area contributed by atoms with Crippen LogP contribution in [0.3, 0.4) is 0 Å². The van der Waals surface area contributed by atoms with Gasteiger partial charge in [0.05, 0.1) is 13.2 Å². The number of nitrogens with two attached hydrogens (primary N) is 1. The van der Waals surface area contributed by atoms with Crippen LogP contribution >= 0.6 is 7.82 Å². The highest BCUT2D eigenvalue weighted by Crippen LogP contribution is 2.43. The lowest BCUT2D eigenvalue weighted by Gasteiger charge is -2.20. The van der Waals surface area contributed by atoms with E-state index in [1.807, 2.05) is 0 Å². The Hall–Kier alpha value is -1.78. The van der Waals surface area contributed by atoms with Crippen molar-refractivity contribution in [2.75, 3.05) is 19.8 Å². The van der Waals surface area contributed by atoms with E-state index in [9.17, 15) is 23.8 Å². The van der Waals surface area contributed by atoms with Crippen LogP contribution in [0.25, 0.3) is 0 Å². The molecule has 0 bridgehead atoms. The van der Waals surface area contributed by atoms with Gasteiger partial charge in [-0.3, -0.25) is 23.4 Å². The van der Waals surface area contributed by atoms with Crippen LogP contribution in [0.2, 0.25) is 0 Å². The van der Waals surface area contributed by atoms with Gasteiger partial charge in [0.25, 0.3) is 0 Å². The van der Waals surface area contributed by atoms with Crippen molar-refractivity contribution in [3.63, 3.8) is 0 Å². The molecule has 0 rings (SSSR count). The fraction of sp³-hybridized carbons (Fsp3) is 0.868. The van der Waals surface area contributed by atoms with Gasteiger partial charge in [0.1, 0.15) is 12.6 Å². The minimum absolute atomic E-state index is 0.164. The summed E-state index contributed by atoms with van der Waals surface area (Å²) in [5.74, 6) is -2.38. The number of phosphoric acid groups is 1. The maximum atomic E-state index is 12.6. The molecular formula is C38H72NO10P. The molecule has 11 nitrogen and oxygen atoms in total. The molecule has 0 amide bonds. The molecule has 0 spiro atoms. The molecule has 12 heteroatoms. The number of aliphatic carboxylic acids is 1. The maximum Gasteiger partial charge on any atom is 0.472 e. The lowest BCUT2D eigenvalue weighted by molar-refractivity contribution is -0.161. The molecule has 0 saturated heterocycles. The van der Waals surface area contributed by atoms with Crippen LogP contribution < -0.4 is 5.73 Å². The standard InChI is InChI=1S/C38H72NO10P/c1-3-5-7-9-11-13-15-17-19-21-23-25-27-29-36(40)46-31-34(32-47-50(44,45)48-33-35(39)38(42)43)49-37(41)30-28-26-24-22-20-18-16-14-12-10-8-6-4-2/h13,15,34-35H,3-12,14,16-33,39H2,1-2H3,(H,42,43)(H,44,45)/b15-13+/t34-,35+/m1/s1. The second-order valence-corrected chi connectivity index (χ2v) is 14.9. The van der Waals surface area contributed by atoms with E-state index in [2.05, 4.69) is 30.5 Å². The van der Waals surface area contributed by atoms with Crippen molar-refractivity contribution in [3.05, 3.63) is 12.2 Å². The van der Waals surface area contributed by atoms with Gasteiger partial charge in [-0.05, 0) is 38.5 Å². The summed E-state index contributed by atoms with van der Waals surface area (Å²) in [6, 6.07) is -1.52. The van der Waals surface area contributed by atoms with Crippen LogP contribution in [-0.2, 0) is 37.5 Å². The van der Waals surface area contributed by atoms with Crippen molar-refractivity contribution in [1.82, 2.24) is 0 Å². The zero-order chi connectivity index (χ0) is 37.1. The van der Waals surface area contributed by atoms with E-state index < -0.39 is 51.1 Å². The average Bonchev–Trinajstić information content (AvgIpc) is 3.09. The molecule has 294 valence electrons. The number of rotatable bonds is 37. The second-order valence-electron chi connectivity index (χ2n) is 13.4. The van der Waals surface area contributed by atoms with Crippen molar-refractivity contribution in [2.24, 2.45) is 5.73 Å². The molecule has 4 N–H and O–H groups in total. The van der Waals surface area contributed by atoms with Crippen LogP contribution in [0, 0.1) is 0 Å². The van der Waals surface area contributed by atoms with Crippen molar-refractivity contribution in [2.45, 2.75) is 193 Å². The van der Waals surface area contributed by atoms with Crippen LogP contribution in [-0.4, -0.2) is 59.9 Å². The summed E-state index contributed by atoms with van der Waals surface area (Å²) in [6.07, 6.45) is 31.3. The summed E-state index contributed by atoms with van der Waals surface area (Å²) in [4.78, 5) is 45.7. The summed E-state index contributed by atoms with van der Waals surface area (Å²) in [5.41, 5.74) is 5.32. The Bertz CT molecular complexity index is 916.